The monoisotopic (exact) mass is 217 g/mol. The molecule has 0 aromatic heterocycles. The minimum Gasteiger partial charge on any atom is -0.488 e. The number of nitrogens with zero attached hydrogens (tertiary/aromatic N) is 1. The highest BCUT2D eigenvalue weighted by molar-refractivity contribution is 5.58. The number of hydrogen-bond acceptors (Lipinski definition) is 2. The second-order valence-corrected chi connectivity index (χ2v) is 4.83. The van der Waals surface area contributed by atoms with Gasteiger partial charge in [0.15, 0.2) is 0 Å². The molecule has 0 amide bonds. The topological polar surface area (TPSA) is 12.5 Å². The molecule has 3 rings (SSSR count). The maximum atomic E-state index is 5.97. The minimum absolute atomic E-state index is 0.492. The Balaban J connectivity index is 1.79. The summed E-state index contributed by atoms with van der Waals surface area (Å²) in [4.78, 5) is 2.47. The van der Waals surface area contributed by atoms with Gasteiger partial charge in [-0.3, -0.25) is 0 Å². The zero-order chi connectivity index (χ0) is 10.8. The number of anilines is 1. The van der Waals surface area contributed by atoms with E-state index in [1.807, 2.05) is 0 Å². The van der Waals surface area contributed by atoms with Crippen molar-refractivity contribution in [3.8, 4) is 5.75 Å². The van der Waals surface area contributed by atoms with Crippen molar-refractivity contribution in [1.82, 2.24) is 0 Å². The average Bonchev–Trinajstić information content (AvgIpc) is 3.15. The zero-order valence-corrected chi connectivity index (χ0v) is 9.69. The van der Waals surface area contributed by atoms with Crippen LogP contribution in [-0.4, -0.2) is 19.2 Å². The zero-order valence-electron chi connectivity index (χ0n) is 9.69. The Morgan fingerprint density at radius 3 is 2.50 bits per heavy atom. The van der Waals surface area contributed by atoms with Crippen molar-refractivity contribution < 1.29 is 4.74 Å². The van der Waals surface area contributed by atoms with Crippen LogP contribution in [0.2, 0.25) is 0 Å². The predicted molar refractivity (Wildman–Crippen MR) is 66.2 cm³/mol. The van der Waals surface area contributed by atoms with Crippen LogP contribution < -0.4 is 9.64 Å². The van der Waals surface area contributed by atoms with Crippen molar-refractivity contribution in [1.29, 1.82) is 0 Å². The first-order chi connectivity index (χ1) is 7.93. The van der Waals surface area contributed by atoms with E-state index in [0.717, 1.165) is 5.75 Å². The highest BCUT2D eigenvalue weighted by atomic mass is 16.5. The summed E-state index contributed by atoms with van der Waals surface area (Å²) in [5, 5.41) is 0. The van der Waals surface area contributed by atoms with Crippen LogP contribution in [-0.2, 0) is 0 Å². The van der Waals surface area contributed by atoms with Gasteiger partial charge in [-0.1, -0.05) is 12.1 Å². The molecule has 86 valence electrons. The molecule has 0 radical (unpaired) electrons. The molecule has 1 aromatic carbocycles. The van der Waals surface area contributed by atoms with Crippen LogP contribution in [0.4, 0.5) is 5.69 Å². The average molecular weight is 217 g/mol. The van der Waals surface area contributed by atoms with Gasteiger partial charge in [0.25, 0.3) is 0 Å². The van der Waals surface area contributed by atoms with Crippen LogP contribution in [0.3, 0.4) is 0 Å². The van der Waals surface area contributed by atoms with Crippen LogP contribution in [0, 0.1) is 0 Å². The summed E-state index contributed by atoms with van der Waals surface area (Å²) in [7, 11) is 0. The third-order valence-corrected chi connectivity index (χ3v) is 3.38. The number of para-hydroxylation sites is 2. The van der Waals surface area contributed by atoms with Crippen molar-refractivity contribution in [3.05, 3.63) is 24.3 Å². The number of hydrogen-bond donors (Lipinski definition) is 0. The van der Waals surface area contributed by atoms with Crippen LogP contribution >= 0.6 is 0 Å². The Morgan fingerprint density at radius 2 is 1.75 bits per heavy atom. The summed E-state index contributed by atoms with van der Waals surface area (Å²) in [5.41, 5.74) is 1.30. The van der Waals surface area contributed by atoms with Crippen LogP contribution in [0.15, 0.2) is 24.3 Å². The van der Waals surface area contributed by atoms with Crippen molar-refractivity contribution >= 4 is 5.69 Å². The number of piperidine rings is 1. The quantitative estimate of drug-likeness (QED) is 0.770. The molecule has 0 unspecified atom stereocenters. The lowest BCUT2D eigenvalue weighted by molar-refractivity contribution is 0.303. The molecule has 1 aromatic rings. The molecule has 1 saturated carbocycles. The van der Waals surface area contributed by atoms with Crippen molar-refractivity contribution in [2.24, 2.45) is 0 Å². The van der Waals surface area contributed by atoms with Crippen molar-refractivity contribution in [2.45, 2.75) is 38.2 Å². The van der Waals surface area contributed by atoms with E-state index in [-0.39, 0.29) is 0 Å². The van der Waals surface area contributed by atoms with Gasteiger partial charge >= 0.3 is 0 Å². The van der Waals surface area contributed by atoms with E-state index < -0.39 is 0 Å². The molecule has 2 aliphatic rings. The molecule has 1 saturated heterocycles. The first-order valence-electron chi connectivity index (χ1n) is 6.44. The van der Waals surface area contributed by atoms with Gasteiger partial charge in [-0.05, 0) is 44.2 Å². The molecule has 16 heavy (non-hydrogen) atoms. The van der Waals surface area contributed by atoms with Crippen molar-refractivity contribution in [3.63, 3.8) is 0 Å². The normalized spacial score (nSPS) is 20.9. The van der Waals surface area contributed by atoms with E-state index in [4.69, 9.17) is 4.74 Å². The first kappa shape index (κ1) is 10.0. The second-order valence-electron chi connectivity index (χ2n) is 4.83. The van der Waals surface area contributed by atoms with Gasteiger partial charge in [-0.15, -0.1) is 0 Å². The third kappa shape index (κ3) is 2.16. The highest BCUT2D eigenvalue weighted by Crippen LogP contribution is 2.34. The van der Waals surface area contributed by atoms with Gasteiger partial charge in [-0.2, -0.15) is 0 Å². The van der Waals surface area contributed by atoms with E-state index in [1.54, 1.807) is 0 Å². The molecular weight excluding hydrogens is 198 g/mol. The van der Waals surface area contributed by atoms with E-state index in [2.05, 4.69) is 29.2 Å². The summed E-state index contributed by atoms with van der Waals surface area (Å²) in [6.07, 6.45) is 6.96. The summed E-state index contributed by atoms with van der Waals surface area (Å²) < 4.78 is 5.97. The fourth-order valence-corrected chi connectivity index (χ4v) is 2.32. The van der Waals surface area contributed by atoms with Crippen LogP contribution in [0.25, 0.3) is 0 Å². The molecule has 0 atom stereocenters. The Labute approximate surface area is 97.2 Å². The van der Waals surface area contributed by atoms with Crippen LogP contribution in [0.5, 0.6) is 5.75 Å². The van der Waals surface area contributed by atoms with Crippen LogP contribution in [0.1, 0.15) is 32.1 Å². The SMILES string of the molecule is c1ccc(N2CCCCC2)c(OC2CC2)c1. The second kappa shape index (κ2) is 4.36. The summed E-state index contributed by atoms with van der Waals surface area (Å²) in [6.45, 7) is 2.37. The molecule has 1 heterocycles. The molecular formula is C14H19NO. The molecule has 0 spiro atoms. The fraction of sp³-hybridized carbons (Fsp3) is 0.571. The smallest absolute Gasteiger partial charge is 0.143 e. The van der Waals surface area contributed by atoms with Gasteiger partial charge in [-0.25, -0.2) is 0 Å². The Hall–Kier alpha value is -1.18. The molecule has 1 aliphatic heterocycles. The summed E-state index contributed by atoms with van der Waals surface area (Å²) in [6, 6.07) is 8.50. The minimum atomic E-state index is 0.492. The standard InChI is InChI=1S/C14H19NO/c1-4-10-15(11-5-1)13-6-2-3-7-14(13)16-12-8-9-12/h2-3,6-7,12H,1,4-5,8-11H2. The Kier molecular flexibility index (Phi) is 2.73. The summed E-state index contributed by atoms with van der Waals surface area (Å²) in [5.74, 6) is 1.09. The Morgan fingerprint density at radius 1 is 1.00 bits per heavy atom. The maximum absolute atomic E-state index is 5.97. The van der Waals surface area contributed by atoms with E-state index in [0.29, 0.717) is 6.10 Å². The molecule has 2 heteroatoms. The lowest BCUT2D eigenvalue weighted by Gasteiger charge is -2.30. The molecule has 1 aliphatic carbocycles. The lowest BCUT2D eigenvalue weighted by Crippen LogP contribution is -2.29. The van der Waals surface area contributed by atoms with Gasteiger partial charge in [0.2, 0.25) is 0 Å². The molecule has 0 bridgehead atoms. The molecule has 2 fully saturated rings. The van der Waals surface area contributed by atoms with Gasteiger partial charge in [0.05, 0.1) is 11.8 Å². The number of rotatable bonds is 3. The van der Waals surface area contributed by atoms with Gasteiger partial charge in [0, 0.05) is 13.1 Å². The highest BCUT2D eigenvalue weighted by Gasteiger charge is 2.25. The van der Waals surface area contributed by atoms with Crippen molar-refractivity contribution in [2.75, 3.05) is 18.0 Å². The number of ether oxygens (including phenoxy) is 1. The van der Waals surface area contributed by atoms with E-state index >= 15 is 0 Å². The van der Waals surface area contributed by atoms with Gasteiger partial charge in [0.1, 0.15) is 5.75 Å². The van der Waals surface area contributed by atoms with Gasteiger partial charge < -0.3 is 9.64 Å². The van der Waals surface area contributed by atoms with E-state index in [1.165, 1.54) is 50.9 Å². The maximum Gasteiger partial charge on any atom is 0.143 e. The Bertz CT molecular complexity index is 354. The number of benzene rings is 1. The molecule has 2 nitrogen and oxygen atoms in total. The largest absolute Gasteiger partial charge is 0.488 e. The predicted octanol–water partition coefficient (Wildman–Crippen LogP) is 3.22. The van der Waals surface area contributed by atoms with E-state index in [9.17, 15) is 0 Å². The fourth-order valence-electron chi connectivity index (χ4n) is 2.32. The third-order valence-electron chi connectivity index (χ3n) is 3.38. The first-order valence-corrected chi connectivity index (χ1v) is 6.44. The lowest BCUT2D eigenvalue weighted by atomic mass is 10.1. The summed E-state index contributed by atoms with van der Waals surface area (Å²) >= 11 is 0. The molecule has 0 N–H and O–H groups in total.